The summed E-state index contributed by atoms with van der Waals surface area (Å²) in [5, 5.41) is 0. The van der Waals surface area contributed by atoms with Crippen LogP contribution in [0.1, 0.15) is 25.6 Å². The molecule has 0 atom stereocenters. The van der Waals surface area contributed by atoms with Gasteiger partial charge >= 0.3 is 0 Å². The highest BCUT2D eigenvalue weighted by Crippen LogP contribution is 2.18. The Hall–Kier alpha value is -1.39. The standard InChI is InChI=1S/C16H23N3O/c1-2-3-8-19-15-7-5-4-6-14(15)17-16(19)13-18-9-11-20-12-10-18/h4-7H,2-3,8-13H2,1H3. The number of nitrogens with zero attached hydrogens (tertiary/aromatic N) is 3. The largest absolute Gasteiger partial charge is 0.379 e. The molecule has 1 aliphatic heterocycles. The fourth-order valence-corrected chi connectivity index (χ4v) is 2.77. The second-order valence-corrected chi connectivity index (χ2v) is 5.41. The van der Waals surface area contributed by atoms with Gasteiger partial charge in [-0.15, -0.1) is 0 Å². The van der Waals surface area contributed by atoms with Gasteiger partial charge in [-0.2, -0.15) is 0 Å². The summed E-state index contributed by atoms with van der Waals surface area (Å²) in [5.74, 6) is 1.20. The molecule has 0 saturated carbocycles. The molecule has 2 aromatic rings. The summed E-state index contributed by atoms with van der Waals surface area (Å²) in [6.07, 6.45) is 2.42. The molecule has 4 heteroatoms. The summed E-state index contributed by atoms with van der Waals surface area (Å²) in [4.78, 5) is 7.28. The molecule has 4 nitrogen and oxygen atoms in total. The van der Waals surface area contributed by atoms with Crippen LogP contribution in [0.5, 0.6) is 0 Å². The Morgan fingerprint density at radius 2 is 2.00 bits per heavy atom. The van der Waals surface area contributed by atoms with E-state index in [1.807, 2.05) is 0 Å². The number of unbranched alkanes of at least 4 members (excludes halogenated alkanes) is 1. The van der Waals surface area contributed by atoms with Gasteiger partial charge in [0.15, 0.2) is 0 Å². The smallest absolute Gasteiger partial charge is 0.124 e. The molecule has 1 aromatic carbocycles. The number of hydrogen-bond acceptors (Lipinski definition) is 3. The molecule has 20 heavy (non-hydrogen) atoms. The third-order valence-corrected chi connectivity index (χ3v) is 3.94. The van der Waals surface area contributed by atoms with Crippen molar-refractivity contribution in [2.24, 2.45) is 0 Å². The summed E-state index contributed by atoms with van der Waals surface area (Å²) in [6.45, 7) is 7.94. The number of rotatable bonds is 5. The van der Waals surface area contributed by atoms with Crippen molar-refractivity contribution in [1.82, 2.24) is 14.5 Å². The predicted octanol–water partition coefficient (Wildman–Crippen LogP) is 2.67. The maximum absolute atomic E-state index is 5.42. The Bertz CT molecular complexity index is 558. The quantitative estimate of drug-likeness (QED) is 0.839. The SMILES string of the molecule is CCCCn1c(CN2CCOCC2)nc2ccccc21. The molecule has 0 unspecified atom stereocenters. The number of imidazole rings is 1. The minimum atomic E-state index is 0.842. The fourth-order valence-electron chi connectivity index (χ4n) is 2.77. The third kappa shape index (κ3) is 2.86. The van der Waals surface area contributed by atoms with E-state index < -0.39 is 0 Å². The molecule has 0 aliphatic carbocycles. The second kappa shape index (κ2) is 6.37. The van der Waals surface area contributed by atoms with Crippen LogP contribution < -0.4 is 0 Å². The number of morpholine rings is 1. The van der Waals surface area contributed by atoms with Crippen molar-refractivity contribution in [1.29, 1.82) is 0 Å². The molecule has 1 aliphatic rings. The molecule has 3 rings (SSSR count). The Balaban J connectivity index is 1.87. The first-order chi connectivity index (χ1) is 9.88. The van der Waals surface area contributed by atoms with Gasteiger partial charge in [-0.1, -0.05) is 25.5 Å². The van der Waals surface area contributed by atoms with Gasteiger partial charge < -0.3 is 9.30 Å². The highest BCUT2D eigenvalue weighted by atomic mass is 16.5. The van der Waals surface area contributed by atoms with E-state index in [0.717, 1.165) is 44.9 Å². The molecule has 0 radical (unpaired) electrons. The number of benzene rings is 1. The van der Waals surface area contributed by atoms with Crippen molar-refractivity contribution < 1.29 is 4.74 Å². The summed E-state index contributed by atoms with van der Waals surface area (Å²) in [7, 11) is 0. The highest BCUT2D eigenvalue weighted by molar-refractivity contribution is 5.75. The summed E-state index contributed by atoms with van der Waals surface area (Å²) in [6, 6.07) is 8.46. The van der Waals surface area contributed by atoms with Crippen LogP contribution in [0, 0.1) is 0 Å². The number of aryl methyl sites for hydroxylation is 1. The zero-order valence-electron chi connectivity index (χ0n) is 12.2. The van der Waals surface area contributed by atoms with E-state index in [9.17, 15) is 0 Å². The first-order valence-corrected chi connectivity index (χ1v) is 7.62. The topological polar surface area (TPSA) is 30.3 Å². The van der Waals surface area contributed by atoms with Gasteiger partial charge in [-0.3, -0.25) is 4.90 Å². The first kappa shape index (κ1) is 13.6. The van der Waals surface area contributed by atoms with Gasteiger partial charge in [-0.05, 0) is 18.6 Å². The molecule has 1 aromatic heterocycles. The summed E-state index contributed by atoms with van der Waals surface area (Å²) >= 11 is 0. The van der Waals surface area contributed by atoms with Crippen molar-refractivity contribution in [2.75, 3.05) is 26.3 Å². The molecule has 108 valence electrons. The van der Waals surface area contributed by atoms with Gasteiger partial charge in [0.05, 0.1) is 30.8 Å². The molecule has 1 fully saturated rings. The van der Waals surface area contributed by atoms with Crippen LogP contribution in [0.2, 0.25) is 0 Å². The predicted molar refractivity (Wildman–Crippen MR) is 80.7 cm³/mol. The van der Waals surface area contributed by atoms with Crippen LogP contribution in [0.15, 0.2) is 24.3 Å². The van der Waals surface area contributed by atoms with Crippen LogP contribution in [0.3, 0.4) is 0 Å². The van der Waals surface area contributed by atoms with Crippen molar-refractivity contribution >= 4 is 11.0 Å². The normalized spacial score (nSPS) is 16.9. The number of para-hydroxylation sites is 2. The van der Waals surface area contributed by atoms with E-state index in [-0.39, 0.29) is 0 Å². The van der Waals surface area contributed by atoms with Crippen molar-refractivity contribution in [3.05, 3.63) is 30.1 Å². The number of hydrogen-bond donors (Lipinski definition) is 0. The second-order valence-electron chi connectivity index (χ2n) is 5.41. The Labute approximate surface area is 120 Å². The zero-order valence-corrected chi connectivity index (χ0v) is 12.2. The molecule has 0 N–H and O–H groups in total. The molecular weight excluding hydrogens is 250 g/mol. The Morgan fingerprint density at radius 3 is 2.80 bits per heavy atom. The van der Waals surface area contributed by atoms with Gasteiger partial charge in [0, 0.05) is 19.6 Å². The Morgan fingerprint density at radius 1 is 1.20 bits per heavy atom. The highest BCUT2D eigenvalue weighted by Gasteiger charge is 2.16. The van der Waals surface area contributed by atoms with Crippen LogP contribution in [0.4, 0.5) is 0 Å². The van der Waals surface area contributed by atoms with Crippen molar-refractivity contribution in [2.45, 2.75) is 32.9 Å². The molecule has 0 amide bonds. The van der Waals surface area contributed by atoms with Crippen LogP contribution in [-0.4, -0.2) is 40.8 Å². The molecule has 1 saturated heterocycles. The molecule has 2 heterocycles. The van der Waals surface area contributed by atoms with E-state index in [1.165, 1.54) is 24.2 Å². The summed E-state index contributed by atoms with van der Waals surface area (Å²) < 4.78 is 7.82. The fraction of sp³-hybridized carbons (Fsp3) is 0.562. The van der Waals surface area contributed by atoms with Gasteiger partial charge in [0.1, 0.15) is 5.82 Å². The minimum Gasteiger partial charge on any atom is -0.379 e. The van der Waals surface area contributed by atoms with Gasteiger partial charge in [-0.25, -0.2) is 4.98 Å². The summed E-state index contributed by atoms with van der Waals surface area (Å²) in [5.41, 5.74) is 2.39. The monoisotopic (exact) mass is 273 g/mol. The minimum absolute atomic E-state index is 0.842. The van der Waals surface area contributed by atoms with Crippen molar-refractivity contribution in [3.63, 3.8) is 0 Å². The average molecular weight is 273 g/mol. The van der Waals surface area contributed by atoms with Crippen molar-refractivity contribution in [3.8, 4) is 0 Å². The lowest BCUT2D eigenvalue weighted by Gasteiger charge is -2.26. The van der Waals surface area contributed by atoms with Gasteiger partial charge in [0.2, 0.25) is 0 Å². The maximum Gasteiger partial charge on any atom is 0.124 e. The lowest BCUT2D eigenvalue weighted by molar-refractivity contribution is 0.0326. The maximum atomic E-state index is 5.42. The number of aromatic nitrogens is 2. The lowest BCUT2D eigenvalue weighted by atomic mass is 10.3. The first-order valence-electron chi connectivity index (χ1n) is 7.62. The van der Waals surface area contributed by atoms with E-state index in [2.05, 4.69) is 40.7 Å². The van der Waals surface area contributed by atoms with E-state index in [4.69, 9.17) is 9.72 Å². The van der Waals surface area contributed by atoms with E-state index in [1.54, 1.807) is 0 Å². The van der Waals surface area contributed by atoms with E-state index in [0.29, 0.717) is 0 Å². The third-order valence-electron chi connectivity index (χ3n) is 3.94. The van der Waals surface area contributed by atoms with Crippen LogP contribution >= 0.6 is 0 Å². The zero-order chi connectivity index (χ0) is 13.8. The number of ether oxygens (including phenoxy) is 1. The van der Waals surface area contributed by atoms with Crippen LogP contribution in [0.25, 0.3) is 11.0 Å². The molecule has 0 spiro atoms. The molecule has 0 bridgehead atoms. The average Bonchev–Trinajstić information content (AvgIpc) is 2.83. The number of fused-ring (bicyclic) bond motifs is 1. The Kier molecular flexibility index (Phi) is 4.33. The van der Waals surface area contributed by atoms with Crippen LogP contribution in [-0.2, 0) is 17.8 Å². The lowest BCUT2D eigenvalue weighted by Crippen LogP contribution is -2.36. The van der Waals surface area contributed by atoms with E-state index >= 15 is 0 Å². The van der Waals surface area contributed by atoms with Gasteiger partial charge in [0.25, 0.3) is 0 Å². The molecular formula is C16H23N3O.